The number of ether oxygens (including phenoxy) is 3. The van der Waals surface area contributed by atoms with Gasteiger partial charge in [0, 0.05) is 19.3 Å². The lowest BCUT2D eigenvalue weighted by Gasteiger charge is -2.34. The van der Waals surface area contributed by atoms with Crippen molar-refractivity contribution in [3.05, 3.63) is 12.2 Å². The van der Waals surface area contributed by atoms with Crippen LogP contribution in [0.15, 0.2) is 12.2 Å². The largest absolute Gasteiger partial charge is 0.544 e. The molecular formula is C32H59NO7. The summed E-state index contributed by atoms with van der Waals surface area (Å²) in [6.45, 7) is 4.50. The normalized spacial score (nSPS) is 13.3. The fraction of sp³-hybridized carbons (Fsp3) is 0.844. The molecule has 0 radical (unpaired) electrons. The fourth-order valence-electron chi connectivity index (χ4n) is 4.38. The number of nitrogens with zero attached hydrogens (tertiary/aromatic N) is 1. The fourth-order valence-corrected chi connectivity index (χ4v) is 4.38. The van der Waals surface area contributed by atoms with Gasteiger partial charge in [0.2, 0.25) is 0 Å². The molecule has 0 heterocycles. The summed E-state index contributed by atoms with van der Waals surface area (Å²) in [7, 11) is 5.36. The van der Waals surface area contributed by atoms with Crippen LogP contribution in [0.2, 0.25) is 0 Å². The van der Waals surface area contributed by atoms with E-state index < -0.39 is 18.1 Å². The predicted octanol–water partition coefficient (Wildman–Crippen LogP) is 5.51. The molecule has 0 bridgehead atoms. The van der Waals surface area contributed by atoms with Gasteiger partial charge in [0.05, 0.1) is 40.3 Å². The summed E-state index contributed by atoms with van der Waals surface area (Å²) in [4.78, 5) is 36.2. The average Bonchev–Trinajstić information content (AvgIpc) is 2.89. The summed E-state index contributed by atoms with van der Waals surface area (Å²) in [6, 6.07) is -0.723. The van der Waals surface area contributed by atoms with Crippen molar-refractivity contribution in [3.63, 3.8) is 0 Å². The first-order valence-electron chi connectivity index (χ1n) is 15.7. The molecule has 8 heteroatoms. The van der Waals surface area contributed by atoms with Gasteiger partial charge in [-0.1, -0.05) is 90.2 Å². The first-order chi connectivity index (χ1) is 19.1. The van der Waals surface area contributed by atoms with Gasteiger partial charge in [-0.15, -0.1) is 0 Å². The second-order valence-corrected chi connectivity index (χ2v) is 11.7. The maximum absolute atomic E-state index is 12.4. The highest BCUT2D eigenvalue weighted by atomic mass is 16.6. The zero-order valence-electron chi connectivity index (χ0n) is 26.3. The Hall–Kier alpha value is -1.93. The quantitative estimate of drug-likeness (QED) is 0.0556. The Morgan fingerprint density at radius 3 is 1.90 bits per heavy atom. The number of esters is 2. The molecular weight excluding hydrogens is 510 g/mol. The lowest BCUT2D eigenvalue weighted by molar-refractivity contribution is -0.889. The van der Waals surface area contributed by atoms with E-state index in [-0.39, 0.29) is 49.1 Å². The first-order valence-corrected chi connectivity index (χ1v) is 15.7. The Morgan fingerprint density at radius 1 is 0.725 bits per heavy atom. The van der Waals surface area contributed by atoms with Gasteiger partial charge in [-0.05, 0) is 25.7 Å². The third kappa shape index (κ3) is 22.8. The predicted molar refractivity (Wildman–Crippen MR) is 157 cm³/mol. The molecule has 234 valence electrons. The van der Waals surface area contributed by atoms with Crippen molar-refractivity contribution >= 4 is 17.9 Å². The molecule has 0 amide bonds. The van der Waals surface area contributed by atoms with E-state index in [1.807, 2.05) is 6.08 Å². The van der Waals surface area contributed by atoms with E-state index in [1.54, 1.807) is 21.1 Å². The lowest BCUT2D eigenvalue weighted by Crippen LogP contribution is -2.55. The van der Waals surface area contributed by atoms with Crippen LogP contribution in [0, 0.1) is 0 Å². The van der Waals surface area contributed by atoms with Crippen LogP contribution >= 0.6 is 0 Å². The molecule has 0 fully saturated rings. The molecule has 0 N–H and O–H groups in total. The van der Waals surface area contributed by atoms with Crippen LogP contribution < -0.4 is 5.11 Å². The standard InChI is InChI=1S/C32H59NO7/c1-6-8-10-12-14-15-17-18-20-22-30(34)39-27-28(26-38-25-24-29(32(36)37)33(3,4)5)40-31(35)23-21-19-16-13-11-9-7-2/h16,19,28-29H,6-15,17-18,20-27H2,1-5H3/b19-16+. The number of rotatable bonds is 27. The SMILES string of the molecule is CCCCC/C=C/CCC(=O)OC(COCCC(C(=O)[O-])[N+](C)(C)C)COC(=O)CCCCCCCCCCC. The third-order valence-electron chi connectivity index (χ3n) is 6.92. The summed E-state index contributed by atoms with van der Waals surface area (Å²) in [6.07, 6.45) is 19.8. The molecule has 0 saturated heterocycles. The summed E-state index contributed by atoms with van der Waals surface area (Å²) in [5.74, 6) is -1.81. The maximum atomic E-state index is 12.4. The van der Waals surface area contributed by atoms with Gasteiger partial charge < -0.3 is 28.6 Å². The summed E-state index contributed by atoms with van der Waals surface area (Å²) >= 11 is 0. The molecule has 2 unspecified atom stereocenters. The van der Waals surface area contributed by atoms with Crippen molar-refractivity contribution in [2.45, 2.75) is 135 Å². The zero-order chi connectivity index (χ0) is 30.1. The number of likely N-dealkylation sites (N-methyl/N-ethyl adjacent to an activating group) is 1. The van der Waals surface area contributed by atoms with Gasteiger partial charge in [-0.25, -0.2) is 0 Å². The van der Waals surface area contributed by atoms with E-state index in [0.717, 1.165) is 32.1 Å². The molecule has 0 saturated carbocycles. The Balaban J connectivity index is 4.54. The number of hydrogen-bond donors (Lipinski definition) is 0. The van der Waals surface area contributed by atoms with E-state index in [1.165, 1.54) is 51.4 Å². The Morgan fingerprint density at radius 2 is 1.30 bits per heavy atom. The van der Waals surface area contributed by atoms with Crippen LogP contribution in [-0.4, -0.2) is 75.5 Å². The van der Waals surface area contributed by atoms with Crippen LogP contribution in [-0.2, 0) is 28.6 Å². The van der Waals surface area contributed by atoms with E-state index in [0.29, 0.717) is 12.8 Å². The molecule has 2 atom stereocenters. The van der Waals surface area contributed by atoms with Crippen molar-refractivity contribution in [2.24, 2.45) is 0 Å². The number of allylic oxidation sites excluding steroid dienone is 2. The van der Waals surface area contributed by atoms with Gasteiger partial charge in [-0.3, -0.25) is 9.59 Å². The monoisotopic (exact) mass is 569 g/mol. The molecule has 0 aliphatic rings. The smallest absolute Gasteiger partial charge is 0.306 e. The van der Waals surface area contributed by atoms with Gasteiger partial charge in [0.1, 0.15) is 12.6 Å². The van der Waals surface area contributed by atoms with E-state index in [9.17, 15) is 19.5 Å². The highest BCUT2D eigenvalue weighted by Gasteiger charge is 2.25. The minimum absolute atomic E-state index is 0.0286. The highest BCUT2D eigenvalue weighted by molar-refractivity contribution is 5.70. The minimum Gasteiger partial charge on any atom is -0.544 e. The second-order valence-electron chi connectivity index (χ2n) is 11.7. The van der Waals surface area contributed by atoms with Crippen LogP contribution in [0.5, 0.6) is 0 Å². The molecule has 0 aromatic carbocycles. The number of carboxylic acid groups (broad SMARTS) is 1. The Labute approximate surface area is 244 Å². The number of carbonyl (C=O) groups excluding carboxylic acids is 3. The lowest BCUT2D eigenvalue weighted by atomic mass is 10.1. The molecule has 0 rings (SSSR count). The van der Waals surface area contributed by atoms with E-state index in [4.69, 9.17) is 14.2 Å². The van der Waals surface area contributed by atoms with Crippen molar-refractivity contribution in [3.8, 4) is 0 Å². The number of aliphatic carboxylic acids is 1. The van der Waals surface area contributed by atoms with Crippen molar-refractivity contribution in [1.82, 2.24) is 0 Å². The maximum Gasteiger partial charge on any atom is 0.306 e. The summed E-state index contributed by atoms with van der Waals surface area (Å²) in [5.41, 5.74) is 0. The number of unbranched alkanes of at least 4 members (excludes halogenated alkanes) is 11. The van der Waals surface area contributed by atoms with Gasteiger partial charge in [-0.2, -0.15) is 0 Å². The average molecular weight is 570 g/mol. The highest BCUT2D eigenvalue weighted by Crippen LogP contribution is 2.12. The second kappa shape index (κ2) is 24.8. The first kappa shape index (κ1) is 38.1. The third-order valence-corrected chi connectivity index (χ3v) is 6.92. The minimum atomic E-state index is -1.13. The van der Waals surface area contributed by atoms with Crippen LogP contribution in [0.4, 0.5) is 0 Å². The molecule has 0 aromatic rings. The number of quaternary nitrogens is 1. The van der Waals surface area contributed by atoms with Crippen molar-refractivity contribution < 1.29 is 38.2 Å². The number of hydrogen-bond acceptors (Lipinski definition) is 7. The molecule has 0 aromatic heterocycles. The molecule has 0 aliphatic heterocycles. The van der Waals surface area contributed by atoms with Crippen LogP contribution in [0.3, 0.4) is 0 Å². The molecule has 0 spiro atoms. The van der Waals surface area contributed by atoms with E-state index >= 15 is 0 Å². The van der Waals surface area contributed by atoms with E-state index in [2.05, 4.69) is 19.9 Å². The van der Waals surface area contributed by atoms with Gasteiger partial charge >= 0.3 is 11.9 Å². The zero-order valence-corrected chi connectivity index (χ0v) is 26.3. The van der Waals surface area contributed by atoms with Crippen molar-refractivity contribution in [2.75, 3.05) is 41.0 Å². The van der Waals surface area contributed by atoms with Crippen molar-refractivity contribution in [1.29, 1.82) is 0 Å². The molecule has 40 heavy (non-hydrogen) atoms. The topological polar surface area (TPSA) is 102 Å². The summed E-state index contributed by atoms with van der Waals surface area (Å²) < 4.78 is 16.8. The van der Waals surface area contributed by atoms with Gasteiger partial charge in [0.15, 0.2) is 6.10 Å². The Bertz CT molecular complexity index is 687. The molecule has 8 nitrogen and oxygen atoms in total. The Kier molecular flexibility index (Phi) is 23.6. The van der Waals surface area contributed by atoms with Crippen LogP contribution in [0.1, 0.15) is 123 Å². The van der Waals surface area contributed by atoms with Crippen LogP contribution in [0.25, 0.3) is 0 Å². The number of carboxylic acids is 1. The molecule has 0 aliphatic carbocycles. The summed E-state index contributed by atoms with van der Waals surface area (Å²) in [5, 5.41) is 11.5. The van der Waals surface area contributed by atoms with Gasteiger partial charge in [0.25, 0.3) is 0 Å². The number of carbonyl (C=O) groups is 3.